The molecular weight excluding hydrogens is 244 g/mol. The average Bonchev–Trinajstić information content (AvgIpc) is 2.38. The molecule has 0 saturated heterocycles. The molecule has 106 valence electrons. The zero-order valence-corrected chi connectivity index (χ0v) is 12.1. The third-order valence-electron chi connectivity index (χ3n) is 2.79. The molecule has 1 rings (SSSR count). The maximum Gasteiger partial charge on any atom is 0.341 e. The van der Waals surface area contributed by atoms with Crippen molar-refractivity contribution in [1.82, 2.24) is 14.9 Å². The lowest BCUT2D eigenvalue weighted by Crippen LogP contribution is -2.25. The van der Waals surface area contributed by atoms with Crippen molar-refractivity contribution in [2.45, 2.75) is 20.8 Å². The minimum Gasteiger partial charge on any atom is -0.462 e. The zero-order valence-electron chi connectivity index (χ0n) is 12.1. The standard InChI is InChI=1S/C13H22N4O2/c1-5-17(4)8-7-14-13-15-9-11(10(3)16-13)12(18)19-6-2/h9H,5-8H2,1-4H3,(H,14,15,16). The Morgan fingerprint density at radius 1 is 1.47 bits per heavy atom. The molecule has 0 aliphatic rings. The largest absolute Gasteiger partial charge is 0.462 e. The van der Waals surface area contributed by atoms with Crippen LogP contribution in [0.25, 0.3) is 0 Å². The second kappa shape index (κ2) is 7.68. The third-order valence-corrected chi connectivity index (χ3v) is 2.79. The van der Waals surface area contributed by atoms with Gasteiger partial charge in [-0.1, -0.05) is 6.92 Å². The van der Waals surface area contributed by atoms with E-state index in [0.717, 1.165) is 19.6 Å². The maximum absolute atomic E-state index is 11.6. The summed E-state index contributed by atoms with van der Waals surface area (Å²) in [7, 11) is 2.05. The summed E-state index contributed by atoms with van der Waals surface area (Å²) >= 11 is 0. The molecular formula is C13H22N4O2. The summed E-state index contributed by atoms with van der Waals surface area (Å²) in [5.41, 5.74) is 1.04. The summed E-state index contributed by atoms with van der Waals surface area (Å²) in [6.07, 6.45) is 1.51. The molecule has 0 unspecified atom stereocenters. The van der Waals surface area contributed by atoms with E-state index in [9.17, 15) is 4.79 Å². The number of likely N-dealkylation sites (N-methyl/N-ethyl adjacent to an activating group) is 1. The van der Waals surface area contributed by atoms with E-state index in [1.807, 2.05) is 0 Å². The Morgan fingerprint density at radius 2 is 2.21 bits per heavy atom. The Balaban J connectivity index is 2.59. The highest BCUT2D eigenvalue weighted by atomic mass is 16.5. The molecule has 6 heteroatoms. The van der Waals surface area contributed by atoms with Gasteiger partial charge < -0.3 is 15.0 Å². The van der Waals surface area contributed by atoms with Crippen molar-refractivity contribution < 1.29 is 9.53 Å². The fourth-order valence-corrected chi connectivity index (χ4v) is 1.48. The van der Waals surface area contributed by atoms with Gasteiger partial charge in [-0.25, -0.2) is 14.8 Å². The van der Waals surface area contributed by atoms with Crippen molar-refractivity contribution in [3.8, 4) is 0 Å². The zero-order chi connectivity index (χ0) is 14.3. The molecule has 0 atom stereocenters. The fourth-order valence-electron chi connectivity index (χ4n) is 1.48. The van der Waals surface area contributed by atoms with Gasteiger partial charge >= 0.3 is 5.97 Å². The van der Waals surface area contributed by atoms with Crippen LogP contribution in [0.2, 0.25) is 0 Å². The van der Waals surface area contributed by atoms with Crippen LogP contribution in [0.4, 0.5) is 5.95 Å². The Hall–Kier alpha value is -1.69. The van der Waals surface area contributed by atoms with Crippen LogP contribution in [0.1, 0.15) is 29.9 Å². The number of carbonyl (C=O) groups is 1. The second-order valence-corrected chi connectivity index (χ2v) is 4.24. The monoisotopic (exact) mass is 266 g/mol. The summed E-state index contributed by atoms with van der Waals surface area (Å²) in [5.74, 6) is 0.160. The molecule has 0 aliphatic heterocycles. The molecule has 19 heavy (non-hydrogen) atoms. The maximum atomic E-state index is 11.6. The highest BCUT2D eigenvalue weighted by molar-refractivity contribution is 5.90. The molecule has 1 aromatic heterocycles. The number of nitrogens with zero attached hydrogens (tertiary/aromatic N) is 3. The number of carbonyl (C=O) groups excluding carboxylic acids is 1. The van der Waals surface area contributed by atoms with Gasteiger partial charge in [0.15, 0.2) is 0 Å². The van der Waals surface area contributed by atoms with Gasteiger partial charge in [-0.05, 0) is 27.4 Å². The Labute approximate surface area is 114 Å². The second-order valence-electron chi connectivity index (χ2n) is 4.24. The topological polar surface area (TPSA) is 67.3 Å². The summed E-state index contributed by atoms with van der Waals surface area (Å²) in [5, 5.41) is 3.13. The van der Waals surface area contributed by atoms with E-state index in [0.29, 0.717) is 23.8 Å². The van der Waals surface area contributed by atoms with E-state index in [4.69, 9.17) is 4.74 Å². The number of aryl methyl sites for hydroxylation is 1. The molecule has 0 aliphatic carbocycles. The number of anilines is 1. The van der Waals surface area contributed by atoms with E-state index in [1.165, 1.54) is 6.20 Å². The molecule has 1 heterocycles. The number of ether oxygens (including phenoxy) is 1. The smallest absolute Gasteiger partial charge is 0.341 e. The van der Waals surface area contributed by atoms with Gasteiger partial charge in [0.2, 0.25) is 5.95 Å². The number of esters is 1. The lowest BCUT2D eigenvalue weighted by molar-refractivity contribution is 0.0524. The van der Waals surface area contributed by atoms with Crippen molar-refractivity contribution in [3.05, 3.63) is 17.5 Å². The average molecular weight is 266 g/mol. The van der Waals surface area contributed by atoms with E-state index in [1.54, 1.807) is 13.8 Å². The first kappa shape index (κ1) is 15.4. The van der Waals surface area contributed by atoms with E-state index in [-0.39, 0.29) is 5.97 Å². The molecule has 0 bridgehead atoms. The summed E-state index contributed by atoms with van der Waals surface area (Å²) < 4.78 is 4.93. The minimum absolute atomic E-state index is 0.349. The fraction of sp³-hybridized carbons (Fsp3) is 0.615. The number of aromatic nitrogens is 2. The molecule has 0 amide bonds. The van der Waals surface area contributed by atoms with E-state index in [2.05, 4.69) is 34.2 Å². The molecule has 1 N–H and O–H groups in total. The van der Waals surface area contributed by atoms with Crippen molar-refractivity contribution in [2.75, 3.05) is 38.6 Å². The lowest BCUT2D eigenvalue weighted by Gasteiger charge is -2.14. The molecule has 0 radical (unpaired) electrons. The Morgan fingerprint density at radius 3 is 2.79 bits per heavy atom. The van der Waals surface area contributed by atoms with Gasteiger partial charge in [-0.15, -0.1) is 0 Å². The molecule has 1 aromatic rings. The third kappa shape index (κ3) is 4.82. The summed E-state index contributed by atoms with van der Waals surface area (Å²) in [6.45, 7) is 8.69. The van der Waals surface area contributed by atoms with Crippen molar-refractivity contribution in [1.29, 1.82) is 0 Å². The van der Waals surface area contributed by atoms with Crippen LogP contribution in [0.3, 0.4) is 0 Å². The van der Waals surface area contributed by atoms with Crippen molar-refractivity contribution >= 4 is 11.9 Å². The highest BCUT2D eigenvalue weighted by Crippen LogP contribution is 2.08. The predicted octanol–water partition coefficient (Wildman–Crippen LogP) is 1.33. The van der Waals surface area contributed by atoms with Gasteiger partial charge in [-0.3, -0.25) is 0 Å². The molecule has 0 saturated carbocycles. The van der Waals surface area contributed by atoms with Crippen LogP contribution >= 0.6 is 0 Å². The number of hydrogen-bond donors (Lipinski definition) is 1. The number of hydrogen-bond acceptors (Lipinski definition) is 6. The van der Waals surface area contributed by atoms with Crippen LogP contribution in [-0.4, -0.2) is 54.1 Å². The molecule has 0 spiro atoms. The van der Waals surface area contributed by atoms with Gasteiger partial charge in [-0.2, -0.15) is 0 Å². The molecule has 0 fully saturated rings. The van der Waals surface area contributed by atoms with Crippen LogP contribution in [-0.2, 0) is 4.74 Å². The van der Waals surface area contributed by atoms with E-state index >= 15 is 0 Å². The first-order valence-corrected chi connectivity index (χ1v) is 6.51. The number of nitrogens with one attached hydrogen (secondary N) is 1. The van der Waals surface area contributed by atoms with E-state index < -0.39 is 0 Å². The van der Waals surface area contributed by atoms with Gasteiger partial charge in [0.25, 0.3) is 0 Å². The first-order chi connectivity index (χ1) is 9.08. The first-order valence-electron chi connectivity index (χ1n) is 6.51. The summed E-state index contributed by atoms with van der Waals surface area (Å²) in [6, 6.07) is 0. The predicted molar refractivity (Wildman–Crippen MR) is 74.4 cm³/mol. The number of rotatable bonds is 7. The van der Waals surface area contributed by atoms with Crippen molar-refractivity contribution in [3.63, 3.8) is 0 Å². The summed E-state index contributed by atoms with van der Waals surface area (Å²) in [4.78, 5) is 22.2. The Kier molecular flexibility index (Phi) is 6.21. The quantitative estimate of drug-likeness (QED) is 0.751. The van der Waals surface area contributed by atoms with Crippen LogP contribution < -0.4 is 5.32 Å². The lowest BCUT2D eigenvalue weighted by atomic mass is 10.2. The van der Waals surface area contributed by atoms with Crippen molar-refractivity contribution in [2.24, 2.45) is 0 Å². The normalized spacial score (nSPS) is 10.6. The van der Waals surface area contributed by atoms with Gasteiger partial charge in [0, 0.05) is 19.3 Å². The Bertz CT molecular complexity index is 423. The van der Waals surface area contributed by atoms with Gasteiger partial charge in [0.1, 0.15) is 0 Å². The molecule has 6 nitrogen and oxygen atoms in total. The molecule has 0 aromatic carbocycles. The SMILES string of the molecule is CCOC(=O)c1cnc(NCCN(C)CC)nc1C. The van der Waals surface area contributed by atoms with Gasteiger partial charge in [0.05, 0.1) is 17.9 Å². The minimum atomic E-state index is -0.378. The van der Waals surface area contributed by atoms with Crippen LogP contribution in [0.15, 0.2) is 6.20 Å². The van der Waals surface area contributed by atoms with Crippen LogP contribution in [0, 0.1) is 6.92 Å². The van der Waals surface area contributed by atoms with Crippen LogP contribution in [0.5, 0.6) is 0 Å². The highest BCUT2D eigenvalue weighted by Gasteiger charge is 2.12.